The van der Waals surface area contributed by atoms with Crippen molar-refractivity contribution >= 4 is 53.4 Å². The second-order valence-electron chi connectivity index (χ2n) is 8.35. The average Bonchev–Trinajstić information content (AvgIpc) is 3.52. The predicted molar refractivity (Wildman–Crippen MR) is 142 cm³/mol. The summed E-state index contributed by atoms with van der Waals surface area (Å²) in [4.78, 5) is 21.2. The lowest BCUT2D eigenvalue weighted by atomic mass is 10.2. The van der Waals surface area contributed by atoms with Gasteiger partial charge in [0.1, 0.15) is 11.5 Å². The highest BCUT2D eigenvalue weighted by Crippen LogP contribution is 2.36. The van der Waals surface area contributed by atoms with E-state index in [1.807, 2.05) is 54.9 Å². The topological polar surface area (TPSA) is 66.9 Å². The molecule has 1 saturated heterocycles. The Labute approximate surface area is 211 Å². The van der Waals surface area contributed by atoms with Gasteiger partial charge in [0.2, 0.25) is 0 Å². The molecule has 0 aliphatic carbocycles. The van der Waals surface area contributed by atoms with Gasteiger partial charge in [-0.2, -0.15) is 0 Å². The molecule has 35 heavy (non-hydrogen) atoms. The summed E-state index contributed by atoms with van der Waals surface area (Å²) in [5.41, 5.74) is 3.14. The number of aromatic nitrogens is 3. The van der Waals surface area contributed by atoms with Crippen LogP contribution in [0.25, 0.3) is 20.4 Å². The zero-order chi connectivity index (χ0) is 23.8. The number of ether oxygens (including phenoxy) is 2. The number of pyridine rings is 1. The van der Waals surface area contributed by atoms with Crippen LogP contribution in [0.15, 0.2) is 60.9 Å². The maximum atomic E-state index is 5.41. The smallest absolute Gasteiger partial charge is 0.188 e. The first-order chi connectivity index (χ1) is 17.2. The van der Waals surface area contributed by atoms with E-state index in [0.717, 1.165) is 62.1 Å². The molecular weight excluding hydrogens is 480 g/mol. The van der Waals surface area contributed by atoms with Crippen LogP contribution in [0.4, 0.5) is 10.3 Å². The van der Waals surface area contributed by atoms with Crippen molar-refractivity contribution in [2.75, 3.05) is 44.0 Å². The second kappa shape index (κ2) is 9.29. The van der Waals surface area contributed by atoms with Crippen molar-refractivity contribution in [1.29, 1.82) is 0 Å². The number of hydrogen-bond donors (Lipinski definition) is 0. The van der Waals surface area contributed by atoms with Crippen molar-refractivity contribution in [2.24, 2.45) is 0 Å². The number of hydrogen-bond acceptors (Lipinski definition) is 10. The van der Waals surface area contributed by atoms with Crippen molar-refractivity contribution in [3.8, 4) is 11.5 Å². The maximum Gasteiger partial charge on any atom is 0.188 e. The maximum absolute atomic E-state index is 5.41. The second-order valence-corrected chi connectivity index (χ2v) is 10.4. The summed E-state index contributed by atoms with van der Waals surface area (Å²) in [6.07, 6.45) is 3.74. The van der Waals surface area contributed by atoms with Gasteiger partial charge >= 0.3 is 0 Å². The van der Waals surface area contributed by atoms with Crippen LogP contribution in [0.5, 0.6) is 11.5 Å². The third-order valence-electron chi connectivity index (χ3n) is 5.92. The van der Waals surface area contributed by atoms with Crippen LogP contribution in [0, 0.1) is 0 Å². The van der Waals surface area contributed by atoms with Crippen LogP contribution in [-0.2, 0) is 6.54 Å². The Balaban J connectivity index is 1.34. The lowest BCUT2D eigenvalue weighted by Crippen LogP contribution is -2.55. The number of thiazole rings is 2. The van der Waals surface area contributed by atoms with Gasteiger partial charge in [-0.25, -0.2) is 9.97 Å². The van der Waals surface area contributed by atoms with Gasteiger partial charge < -0.3 is 19.3 Å². The fourth-order valence-electron chi connectivity index (χ4n) is 4.22. The van der Waals surface area contributed by atoms with Crippen molar-refractivity contribution in [2.45, 2.75) is 6.54 Å². The van der Waals surface area contributed by atoms with Gasteiger partial charge in [-0.05, 0) is 48.0 Å². The highest BCUT2D eigenvalue weighted by Gasteiger charge is 2.28. The van der Waals surface area contributed by atoms with E-state index in [-0.39, 0.29) is 0 Å². The van der Waals surface area contributed by atoms with E-state index >= 15 is 0 Å². The van der Waals surface area contributed by atoms with E-state index in [2.05, 4.69) is 25.8 Å². The van der Waals surface area contributed by atoms with Gasteiger partial charge in [-0.15, -0.1) is 0 Å². The fraction of sp³-hybridized carbons (Fsp3) is 0.240. The van der Waals surface area contributed by atoms with E-state index in [1.54, 1.807) is 36.9 Å². The first-order valence-electron chi connectivity index (χ1n) is 11.2. The molecule has 10 heteroatoms. The van der Waals surface area contributed by atoms with E-state index in [9.17, 15) is 0 Å². The molecule has 6 rings (SSSR count). The van der Waals surface area contributed by atoms with Gasteiger partial charge in [0.25, 0.3) is 0 Å². The van der Waals surface area contributed by atoms with Crippen molar-refractivity contribution < 1.29 is 9.47 Å². The van der Waals surface area contributed by atoms with Crippen LogP contribution < -0.4 is 19.3 Å². The minimum absolute atomic E-state index is 0.706. The molecule has 0 bridgehead atoms. The van der Waals surface area contributed by atoms with Crippen LogP contribution >= 0.6 is 22.7 Å². The Hall–Kier alpha value is -3.47. The molecular formula is C25H24N6O2S2. The van der Waals surface area contributed by atoms with E-state index in [0.29, 0.717) is 6.67 Å². The van der Waals surface area contributed by atoms with Gasteiger partial charge in [-0.1, -0.05) is 28.7 Å². The molecule has 1 aliphatic heterocycles. The van der Waals surface area contributed by atoms with E-state index in [1.165, 1.54) is 5.56 Å². The summed E-state index contributed by atoms with van der Waals surface area (Å²) in [5.74, 6) is 1.69. The Morgan fingerprint density at radius 2 is 1.40 bits per heavy atom. The molecule has 5 aromatic rings. The molecule has 3 aromatic heterocycles. The standard InChI is InChI=1S/C25H24N6O2S2/c1-32-18-5-7-20-22(10-18)34-24(27-20)30-14-29(13-17-4-3-9-26-12-17)15-31(16-30)25-28-21-8-6-19(33-2)11-23(21)35-25/h3-12H,13-16H2,1-2H3. The van der Waals surface area contributed by atoms with Crippen LogP contribution in [0.2, 0.25) is 0 Å². The van der Waals surface area contributed by atoms with Crippen LogP contribution in [0.1, 0.15) is 5.56 Å². The van der Waals surface area contributed by atoms with E-state index in [4.69, 9.17) is 19.4 Å². The number of anilines is 2. The molecule has 1 aliphatic rings. The number of fused-ring (bicyclic) bond motifs is 2. The van der Waals surface area contributed by atoms with E-state index < -0.39 is 0 Å². The van der Waals surface area contributed by atoms with Crippen LogP contribution in [0.3, 0.4) is 0 Å². The molecule has 0 radical (unpaired) electrons. The monoisotopic (exact) mass is 504 g/mol. The Morgan fingerprint density at radius 1 is 0.800 bits per heavy atom. The summed E-state index contributed by atoms with van der Waals surface area (Å²) >= 11 is 3.37. The van der Waals surface area contributed by atoms with Crippen molar-refractivity contribution in [3.63, 3.8) is 0 Å². The quantitative estimate of drug-likeness (QED) is 0.319. The first kappa shape index (κ1) is 22.0. The van der Waals surface area contributed by atoms with Gasteiger partial charge in [0.15, 0.2) is 10.3 Å². The van der Waals surface area contributed by atoms with Gasteiger partial charge in [-0.3, -0.25) is 9.88 Å². The minimum atomic E-state index is 0.706. The predicted octanol–water partition coefficient (Wildman–Crippen LogP) is 5.02. The molecule has 0 spiro atoms. The normalized spacial score (nSPS) is 14.7. The SMILES string of the molecule is COc1ccc2nc(N3CN(Cc4cccnc4)CN(c4nc5ccc(OC)cc5s4)C3)sc2c1. The minimum Gasteiger partial charge on any atom is -0.497 e. The number of nitrogens with zero attached hydrogens (tertiary/aromatic N) is 6. The summed E-state index contributed by atoms with van der Waals surface area (Å²) in [6.45, 7) is 3.03. The van der Waals surface area contributed by atoms with Gasteiger partial charge in [0.05, 0.1) is 54.7 Å². The molecule has 8 nitrogen and oxygen atoms in total. The third kappa shape index (κ3) is 4.47. The molecule has 0 unspecified atom stereocenters. The number of rotatable bonds is 6. The zero-order valence-electron chi connectivity index (χ0n) is 19.4. The average molecular weight is 505 g/mol. The molecule has 2 aromatic carbocycles. The summed E-state index contributed by atoms with van der Waals surface area (Å²) in [7, 11) is 3.38. The highest BCUT2D eigenvalue weighted by molar-refractivity contribution is 7.22. The third-order valence-corrected chi connectivity index (χ3v) is 8.08. The molecule has 0 saturated carbocycles. The Bertz CT molecular complexity index is 1380. The Kier molecular flexibility index (Phi) is 5.85. The lowest BCUT2D eigenvalue weighted by Gasteiger charge is -2.42. The molecule has 4 heterocycles. The largest absolute Gasteiger partial charge is 0.497 e. The zero-order valence-corrected chi connectivity index (χ0v) is 21.1. The summed E-state index contributed by atoms with van der Waals surface area (Å²) in [5, 5.41) is 1.97. The molecule has 1 fully saturated rings. The molecule has 0 N–H and O–H groups in total. The number of benzene rings is 2. The Morgan fingerprint density at radius 3 is 1.91 bits per heavy atom. The fourth-order valence-corrected chi connectivity index (χ4v) is 6.18. The van der Waals surface area contributed by atoms with Crippen LogP contribution in [-0.4, -0.2) is 54.1 Å². The first-order valence-corrected chi connectivity index (χ1v) is 12.8. The molecule has 0 amide bonds. The summed E-state index contributed by atoms with van der Waals surface area (Å²) in [6, 6.07) is 16.1. The molecule has 178 valence electrons. The summed E-state index contributed by atoms with van der Waals surface area (Å²) < 4.78 is 13.0. The lowest BCUT2D eigenvalue weighted by molar-refractivity contribution is 0.233. The van der Waals surface area contributed by atoms with Gasteiger partial charge in [0, 0.05) is 18.9 Å². The number of methoxy groups -OCH3 is 2. The molecule has 0 atom stereocenters. The van der Waals surface area contributed by atoms with Crippen molar-refractivity contribution in [3.05, 3.63) is 66.5 Å². The van der Waals surface area contributed by atoms with Crippen molar-refractivity contribution in [1.82, 2.24) is 19.9 Å². The highest BCUT2D eigenvalue weighted by atomic mass is 32.1.